The Hall–Kier alpha value is -2.38. The molecule has 24 heavy (non-hydrogen) atoms. The van der Waals surface area contributed by atoms with Crippen LogP contribution in [0.4, 0.5) is 0 Å². The molecule has 4 nitrogen and oxygen atoms in total. The Kier molecular flexibility index (Phi) is 3.95. The molecule has 2 atom stereocenters. The summed E-state index contributed by atoms with van der Waals surface area (Å²) in [5, 5.41) is 8.58. The summed E-state index contributed by atoms with van der Waals surface area (Å²) in [6.07, 6.45) is 7.73. The number of benzene rings is 1. The lowest BCUT2D eigenvalue weighted by Crippen LogP contribution is -2.51. The molecule has 0 amide bonds. The Labute approximate surface area is 142 Å². The van der Waals surface area contributed by atoms with Crippen LogP contribution in [0, 0.1) is 17.2 Å². The zero-order chi connectivity index (χ0) is 16.4. The summed E-state index contributed by atoms with van der Waals surface area (Å²) in [5.41, 5.74) is 2.84. The summed E-state index contributed by atoms with van der Waals surface area (Å²) in [7, 11) is 0. The number of ether oxygens (including phenoxy) is 1. The van der Waals surface area contributed by atoms with Gasteiger partial charge in [0.05, 0.1) is 5.54 Å². The highest BCUT2D eigenvalue weighted by molar-refractivity contribution is 5.31. The number of pyridine rings is 1. The van der Waals surface area contributed by atoms with Gasteiger partial charge in [-0.3, -0.25) is 9.88 Å². The minimum atomic E-state index is 0.0945. The van der Waals surface area contributed by atoms with Crippen molar-refractivity contribution in [3.63, 3.8) is 0 Å². The molecule has 1 aliphatic heterocycles. The highest BCUT2D eigenvalue weighted by Gasteiger charge is 2.55. The van der Waals surface area contributed by atoms with Gasteiger partial charge in [0, 0.05) is 18.9 Å². The number of nitrogens with zero attached hydrogens (tertiary/aromatic N) is 3. The van der Waals surface area contributed by atoms with E-state index in [4.69, 9.17) is 10.00 Å². The minimum Gasteiger partial charge on any atom is -0.479 e. The number of fused-ring (bicyclic) bond motifs is 1. The maximum absolute atomic E-state index is 8.58. The quantitative estimate of drug-likeness (QED) is 0.846. The Balaban J connectivity index is 1.53. The molecule has 2 aliphatic rings. The molecule has 0 unspecified atom stereocenters. The molecule has 2 heterocycles. The molecule has 0 radical (unpaired) electrons. The Morgan fingerprint density at radius 1 is 1.25 bits per heavy atom. The molecule has 122 valence electrons. The van der Waals surface area contributed by atoms with E-state index in [2.05, 4.69) is 34.1 Å². The summed E-state index contributed by atoms with van der Waals surface area (Å²) in [4.78, 5) is 6.98. The van der Waals surface area contributed by atoms with Crippen molar-refractivity contribution in [1.82, 2.24) is 9.88 Å². The van der Waals surface area contributed by atoms with E-state index in [1.165, 1.54) is 30.4 Å². The van der Waals surface area contributed by atoms with Crippen LogP contribution in [0.3, 0.4) is 0 Å². The van der Waals surface area contributed by atoms with Gasteiger partial charge in [-0.2, -0.15) is 5.26 Å². The van der Waals surface area contributed by atoms with Gasteiger partial charge in [0.25, 0.3) is 0 Å². The van der Waals surface area contributed by atoms with Gasteiger partial charge in [-0.05, 0) is 61.1 Å². The van der Waals surface area contributed by atoms with Crippen LogP contribution in [-0.4, -0.2) is 23.0 Å². The smallest absolute Gasteiger partial charge is 0.174 e. The van der Waals surface area contributed by atoms with Crippen LogP contribution in [0.5, 0.6) is 5.75 Å². The standard InChI is InChI=1S/C20H21N3O/c21-10-13-24-19-5-3-16(4-6-19)15-23-12-8-17-7-9-20(17,23)18-2-1-11-22-14-18/h1-6,11,14,17H,7-9,12-13,15H2/t17-,20-/m0/s1. The average molecular weight is 319 g/mol. The van der Waals surface area contributed by atoms with E-state index in [0.717, 1.165) is 24.8 Å². The van der Waals surface area contributed by atoms with Crippen molar-refractivity contribution in [1.29, 1.82) is 5.26 Å². The third-order valence-corrected chi connectivity index (χ3v) is 5.62. The second-order valence-corrected chi connectivity index (χ2v) is 6.70. The molecule has 0 bridgehead atoms. The van der Waals surface area contributed by atoms with Crippen LogP contribution in [0.15, 0.2) is 48.8 Å². The van der Waals surface area contributed by atoms with Crippen molar-refractivity contribution in [2.24, 2.45) is 5.92 Å². The van der Waals surface area contributed by atoms with Crippen LogP contribution in [-0.2, 0) is 12.1 Å². The summed E-state index contributed by atoms with van der Waals surface area (Å²) in [6.45, 7) is 2.19. The third-order valence-electron chi connectivity index (χ3n) is 5.62. The average Bonchev–Trinajstić information content (AvgIpc) is 2.85. The van der Waals surface area contributed by atoms with Gasteiger partial charge in [-0.1, -0.05) is 18.2 Å². The van der Waals surface area contributed by atoms with Gasteiger partial charge in [0.1, 0.15) is 11.8 Å². The fourth-order valence-corrected chi connectivity index (χ4v) is 4.36. The topological polar surface area (TPSA) is 49.1 Å². The number of hydrogen-bond donors (Lipinski definition) is 0. The molecule has 2 fully saturated rings. The van der Waals surface area contributed by atoms with Gasteiger partial charge in [-0.25, -0.2) is 0 Å². The minimum absolute atomic E-state index is 0.0945. The second-order valence-electron chi connectivity index (χ2n) is 6.70. The fourth-order valence-electron chi connectivity index (χ4n) is 4.36. The molecule has 1 aliphatic carbocycles. The van der Waals surface area contributed by atoms with Crippen LogP contribution >= 0.6 is 0 Å². The molecule has 1 saturated heterocycles. The normalized spacial score (nSPS) is 25.5. The maximum atomic E-state index is 8.58. The molecule has 0 N–H and O–H groups in total. The second kappa shape index (κ2) is 6.26. The number of likely N-dealkylation sites (tertiary alicyclic amines) is 1. The van der Waals surface area contributed by atoms with Crippen molar-refractivity contribution in [3.8, 4) is 11.8 Å². The van der Waals surface area contributed by atoms with Crippen LogP contribution in [0.2, 0.25) is 0 Å². The van der Waals surface area contributed by atoms with Crippen molar-refractivity contribution in [3.05, 3.63) is 59.9 Å². The molecule has 1 saturated carbocycles. The first-order valence-electron chi connectivity index (χ1n) is 8.57. The monoisotopic (exact) mass is 319 g/mol. The van der Waals surface area contributed by atoms with Gasteiger partial charge >= 0.3 is 0 Å². The van der Waals surface area contributed by atoms with Crippen molar-refractivity contribution in [2.45, 2.75) is 31.3 Å². The van der Waals surface area contributed by atoms with E-state index in [1.807, 2.05) is 30.6 Å². The number of nitriles is 1. The van der Waals surface area contributed by atoms with E-state index in [-0.39, 0.29) is 12.1 Å². The molecule has 1 aromatic heterocycles. The SMILES string of the molecule is N#CCOc1ccc(CN2CC[C@@H]3CC[C@@]32c2cccnc2)cc1. The maximum Gasteiger partial charge on any atom is 0.174 e. The lowest BCUT2D eigenvalue weighted by molar-refractivity contribution is 0.00829. The van der Waals surface area contributed by atoms with E-state index < -0.39 is 0 Å². The number of hydrogen-bond acceptors (Lipinski definition) is 4. The van der Waals surface area contributed by atoms with Crippen LogP contribution in [0.1, 0.15) is 30.4 Å². The highest BCUT2D eigenvalue weighted by Crippen LogP contribution is 2.57. The van der Waals surface area contributed by atoms with Crippen molar-refractivity contribution >= 4 is 0 Å². The molecule has 0 spiro atoms. The van der Waals surface area contributed by atoms with E-state index >= 15 is 0 Å². The van der Waals surface area contributed by atoms with Gasteiger partial charge < -0.3 is 4.74 Å². The predicted molar refractivity (Wildman–Crippen MR) is 91.2 cm³/mol. The Morgan fingerprint density at radius 2 is 2.12 bits per heavy atom. The molecule has 2 aromatic rings. The summed E-state index contributed by atoms with van der Waals surface area (Å²) in [5.74, 6) is 1.52. The Bertz CT molecular complexity index is 738. The lowest BCUT2D eigenvalue weighted by Gasteiger charge is -2.50. The molecule has 4 rings (SSSR count). The van der Waals surface area contributed by atoms with Gasteiger partial charge in [0.15, 0.2) is 6.61 Å². The first kappa shape index (κ1) is 15.2. The van der Waals surface area contributed by atoms with Gasteiger partial charge in [-0.15, -0.1) is 0 Å². The third kappa shape index (κ3) is 2.46. The van der Waals surface area contributed by atoms with Crippen molar-refractivity contribution < 1.29 is 4.74 Å². The molecule has 1 aromatic carbocycles. The summed E-state index contributed by atoms with van der Waals surface area (Å²) < 4.78 is 5.34. The van der Waals surface area contributed by atoms with Gasteiger partial charge in [0.2, 0.25) is 0 Å². The molecular formula is C20H21N3O. The van der Waals surface area contributed by atoms with E-state index in [1.54, 1.807) is 0 Å². The largest absolute Gasteiger partial charge is 0.479 e. The molecule has 4 heteroatoms. The van der Waals surface area contributed by atoms with E-state index in [0.29, 0.717) is 0 Å². The van der Waals surface area contributed by atoms with Crippen LogP contribution < -0.4 is 4.74 Å². The van der Waals surface area contributed by atoms with Crippen molar-refractivity contribution in [2.75, 3.05) is 13.2 Å². The number of rotatable bonds is 5. The predicted octanol–water partition coefficient (Wildman–Crippen LogP) is 3.50. The highest BCUT2D eigenvalue weighted by atomic mass is 16.5. The summed E-state index contributed by atoms with van der Waals surface area (Å²) >= 11 is 0. The fraction of sp³-hybridized carbons (Fsp3) is 0.400. The first-order valence-corrected chi connectivity index (χ1v) is 8.57. The summed E-state index contributed by atoms with van der Waals surface area (Å²) in [6, 6.07) is 14.4. The lowest BCUT2D eigenvalue weighted by atomic mass is 9.64. The van der Waals surface area contributed by atoms with E-state index in [9.17, 15) is 0 Å². The molecular weight excluding hydrogens is 298 g/mol. The Morgan fingerprint density at radius 3 is 2.79 bits per heavy atom. The number of aromatic nitrogens is 1. The zero-order valence-electron chi connectivity index (χ0n) is 13.7. The zero-order valence-corrected chi connectivity index (χ0v) is 13.7. The van der Waals surface area contributed by atoms with Crippen LogP contribution in [0.25, 0.3) is 0 Å². The first-order chi connectivity index (χ1) is 11.8.